The molecule has 0 saturated carbocycles. The number of nitrogen functional groups attached to an aromatic ring is 1. The third-order valence-electron chi connectivity index (χ3n) is 2.91. The van der Waals surface area contributed by atoms with Crippen LogP contribution in [-0.4, -0.2) is 14.5 Å². The van der Waals surface area contributed by atoms with Crippen LogP contribution in [-0.2, 0) is 7.05 Å². The van der Waals surface area contributed by atoms with Crippen molar-refractivity contribution in [1.82, 2.24) is 14.5 Å². The van der Waals surface area contributed by atoms with Crippen molar-refractivity contribution < 1.29 is 0 Å². The van der Waals surface area contributed by atoms with Crippen molar-refractivity contribution in [1.29, 1.82) is 0 Å². The van der Waals surface area contributed by atoms with Gasteiger partial charge in [-0.15, -0.1) is 11.3 Å². The molecule has 0 unspecified atom stereocenters. The van der Waals surface area contributed by atoms with Crippen LogP contribution in [0.1, 0.15) is 5.56 Å². The minimum absolute atomic E-state index is 0.821. The van der Waals surface area contributed by atoms with Gasteiger partial charge in [-0.3, -0.25) is 4.98 Å². The van der Waals surface area contributed by atoms with E-state index < -0.39 is 0 Å². The zero-order valence-electron chi connectivity index (χ0n) is 9.64. The van der Waals surface area contributed by atoms with E-state index in [1.807, 2.05) is 20.0 Å². The Balaban J connectivity index is 2.31. The molecule has 0 atom stereocenters. The first kappa shape index (κ1) is 10.3. The van der Waals surface area contributed by atoms with E-state index in [0.717, 1.165) is 33.0 Å². The SMILES string of the molecule is Cc1csc(-c2nc3cnccc3n2C)c1N. The molecule has 3 rings (SSSR count). The number of imidazole rings is 1. The quantitative estimate of drug-likeness (QED) is 0.715. The average molecular weight is 244 g/mol. The molecule has 17 heavy (non-hydrogen) atoms. The highest BCUT2D eigenvalue weighted by Gasteiger charge is 2.14. The first-order valence-electron chi connectivity index (χ1n) is 5.29. The molecular weight excluding hydrogens is 232 g/mol. The van der Waals surface area contributed by atoms with Gasteiger partial charge in [-0.05, 0) is 23.9 Å². The van der Waals surface area contributed by atoms with Crippen LogP contribution in [0.2, 0.25) is 0 Å². The second-order valence-corrected chi connectivity index (χ2v) is 4.90. The Morgan fingerprint density at radius 2 is 2.24 bits per heavy atom. The summed E-state index contributed by atoms with van der Waals surface area (Å²) in [5.74, 6) is 0.906. The Morgan fingerprint density at radius 3 is 2.88 bits per heavy atom. The molecule has 0 aliphatic rings. The number of hydrogen-bond donors (Lipinski definition) is 1. The van der Waals surface area contributed by atoms with Gasteiger partial charge in [-0.1, -0.05) is 0 Å². The summed E-state index contributed by atoms with van der Waals surface area (Å²) < 4.78 is 2.05. The topological polar surface area (TPSA) is 56.7 Å². The second kappa shape index (κ2) is 3.56. The highest BCUT2D eigenvalue weighted by atomic mass is 32.1. The lowest BCUT2D eigenvalue weighted by atomic mass is 10.3. The summed E-state index contributed by atoms with van der Waals surface area (Å²) in [6.45, 7) is 2.01. The minimum atomic E-state index is 0.821. The van der Waals surface area contributed by atoms with Gasteiger partial charge in [0, 0.05) is 13.2 Å². The fourth-order valence-electron chi connectivity index (χ4n) is 1.88. The van der Waals surface area contributed by atoms with Gasteiger partial charge in [0.2, 0.25) is 0 Å². The largest absolute Gasteiger partial charge is 0.397 e. The lowest BCUT2D eigenvalue weighted by Crippen LogP contribution is -1.94. The fraction of sp³-hybridized carbons (Fsp3) is 0.167. The standard InChI is InChI=1S/C12H12N4S/c1-7-6-17-11(10(7)13)12-15-8-5-14-4-3-9(8)16(12)2/h3-6H,13H2,1-2H3. The van der Waals surface area contributed by atoms with Crippen molar-refractivity contribution in [3.05, 3.63) is 29.4 Å². The smallest absolute Gasteiger partial charge is 0.153 e. The van der Waals surface area contributed by atoms with Crippen LogP contribution in [0.15, 0.2) is 23.8 Å². The molecule has 0 aliphatic heterocycles. The summed E-state index contributed by atoms with van der Waals surface area (Å²) in [6, 6.07) is 1.96. The average Bonchev–Trinajstić information content (AvgIpc) is 2.83. The Labute approximate surface area is 103 Å². The van der Waals surface area contributed by atoms with Crippen molar-refractivity contribution in [2.75, 3.05) is 5.73 Å². The van der Waals surface area contributed by atoms with Crippen LogP contribution < -0.4 is 5.73 Å². The van der Waals surface area contributed by atoms with E-state index >= 15 is 0 Å². The lowest BCUT2D eigenvalue weighted by molar-refractivity contribution is 0.963. The number of aryl methyl sites for hydroxylation is 2. The normalized spacial score (nSPS) is 11.2. The van der Waals surface area contributed by atoms with Crippen molar-refractivity contribution in [3.8, 4) is 10.7 Å². The van der Waals surface area contributed by atoms with E-state index in [0.29, 0.717) is 0 Å². The number of nitrogens with zero attached hydrogens (tertiary/aromatic N) is 3. The Morgan fingerprint density at radius 1 is 1.41 bits per heavy atom. The van der Waals surface area contributed by atoms with Crippen molar-refractivity contribution in [2.24, 2.45) is 7.05 Å². The van der Waals surface area contributed by atoms with Gasteiger partial charge in [0.05, 0.1) is 22.3 Å². The summed E-state index contributed by atoms with van der Waals surface area (Å²) in [4.78, 5) is 9.70. The van der Waals surface area contributed by atoms with Gasteiger partial charge in [0.1, 0.15) is 5.52 Å². The maximum Gasteiger partial charge on any atom is 0.153 e. The van der Waals surface area contributed by atoms with Crippen LogP contribution in [0.4, 0.5) is 5.69 Å². The molecular formula is C12H12N4S. The molecule has 0 bridgehead atoms. The van der Waals surface area contributed by atoms with Crippen LogP contribution in [0.3, 0.4) is 0 Å². The molecule has 3 heterocycles. The molecule has 3 aromatic heterocycles. The number of hydrogen-bond acceptors (Lipinski definition) is 4. The molecule has 5 heteroatoms. The third kappa shape index (κ3) is 1.43. The molecule has 0 aliphatic carbocycles. The Bertz CT molecular complexity index is 696. The summed E-state index contributed by atoms with van der Waals surface area (Å²) in [5.41, 5.74) is 9.96. The molecule has 0 saturated heterocycles. The number of rotatable bonds is 1. The first-order chi connectivity index (χ1) is 8.18. The molecule has 3 aromatic rings. The van der Waals surface area contributed by atoms with Crippen molar-refractivity contribution >= 4 is 28.1 Å². The zero-order chi connectivity index (χ0) is 12.0. The molecule has 0 radical (unpaired) electrons. The summed E-state index contributed by atoms with van der Waals surface area (Å²) in [7, 11) is 2.00. The van der Waals surface area contributed by atoms with E-state index in [1.54, 1.807) is 23.7 Å². The van der Waals surface area contributed by atoms with Gasteiger partial charge in [0.25, 0.3) is 0 Å². The molecule has 0 aromatic carbocycles. The fourth-order valence-corrected chi connectivity index (χ4v) is 2.88. The number of pyridine rings is 1. The molecule has 0 fully saturated rings. The lowest BCUT2D eigenvalue weighted by Gasteiger charge is -2.01. The first-order valence-corrected chi connectivity index (χ1v) is 6.17. The maximum absolute atomic E-state index is 6.07. The molecule has 2 N–H and O–H groups in total. The molecule has 86 valence electrons. The van der Waals surface area contributed by atoms with Gasteiger partial charge >= 0.3 is 0 Å². The predicted molar refractivity (Wildman–Crippen MR) is 71.0 cm³/mol. The summed E-state index contributed by atoms with van der Waals surface area (Å²) in [5, 5.41) is 2.06. The van der Waals surface area contributed by atoms with Gasteiger partial charge in [-0.2, -0.15) is 0 Å². The van der Waals surface area contributed by atoms with Crippen molar-refractivity contribution in [2.45, 2.75) is 6.92 Å². The van der Waals surface area contributed by atoms with Crippen molar-refractivity contribution in [3.63, 3.8) is 0 Å². The van der Waals surface area contributed by atoms with Crippen LogP contribution in [0, 0.1) is 6.92 Å². The van der Waals surface area contributed by atoms with Crippen LogP contribution in [0.5, 0.6) is 0 Å². The number of nitrogens with two attached hydrogens (primary N) is 1. The molecule has 0 amide bonds. The predicted octanol–water partition coefficient (Wildman–Crippen LogP) is 2.59. The highest BCUT2D eigenvalue weighted by Crippen LogP contribution is 2.35. The van der Waals surface area contributed by atoms with Crippen LogP contribution >= 0.6 is 11.3 Å². The summed E-state index contributed by atoms with van der Waals surface area (Å²) in [6.07, 6.45) is 3.55. The number of anilines is 1. The van der Waals surface area contributed by atoms with Gasteiger partial charge in [-0.25, -0.2) is 4.98 Å². The van der Waals surface area contributed by atoms with E-state index in [2.05, 4.69) is 19.9 Å². The van der Waals surface area contributed by atoms with Gasteiger partial charge < -0.3 is 10.3 Å². The maximum atomic E-state index is 6.07. The monoisotopic (exact) mass is 244 g/mol. The van der Waals surface area contributed by atoms with E-state index in [1.165, 1.54) is 0 Å². The third-order valence-corrected chi connectivity index (χ3v) is 4.02. The van der Waals surface area contributed by atoms with E-state index in [9.17, 15) is 0 Å². The Hall–Kier alpha value is -1.88. The number of fused-ring (bicyclic) bond motifs is 1. The summed E-state index contributed by atoms with van der Waals surface area (Å²) >= 11 is 1.63. The molecule has 0 spiro atoms. The Kier molecular flexibility index (Phi) is 2.16. The number of aromatic nitrogens is 3. The van der Waals surface area contributed by atoms with E-state index in [4.69, 9.17) is 5.73 Å². The molecule has 4 nitrogen and oxygen atoms in total. The zero-order valence-corrected chi connectivity index (χ0v) is 10.5. The van der Waals surface area contributed by atoms with E-state index in [-0.39, 0.29) is 0 Å². The second-order valence-electron chi connectivity index (χ2n) is 4.02. The minimum Gasteiger partial charge on any atom is -0.397 e. The van der Waals surface area contributed by atoms with Crippen LogP contribution in [0.25, 0.3) is 21.7 Å². The van der Waals surface area contributed by atoms with Gasteiger partial charge in [0.15, 0.2) is 5.82 Å². The number of thiophene rings is 1. The highest BCUT2D eigenvalue weighted by molar-refractivity contribution is 7.14.